The molecule has 1 aromatic rings. The van der Waals surface area contributed by atoms with Gasteiger partial charge in [0, 0.05) is 12.6 Å². The van der Waals surface area contributed by atoms with Gasteiger partial charge >= 0.3 is 0 Å². The minimum Gasteiger partial charge on any atom is -0.494 e. The fourth-order valence-electron chi connectivity index (χ4n) is 2.63. The summed E-state index contributed by atoms with van der Waals surface area (Å²) in [4.78, 5) is 2.53. The van der Waals surface area contributed by atoms with E-state index in [-0.39, 0.29) is 6.04 Å². The van der Waals surface area contributed by atoms with Crippen LogP contribution in [0, 0.1) is 0 Å². The molecule has 1 fully saturated rings. The van der Waals surface area contributed by atoms with Crippen molar-refractivity contribution >= 4 is 0 Å². The molecule has 3 nitrogen and oxygen atoms in total. The van der Waals surface area contributed by atoms with Crippen LogP contribution in [0.25, 0.3) is 0 Å². The Hall–Kier alpha value is -1.06. The lowest BCUT2D eigenvalue weighted by Gasteiger charge is -2.14. The lowest BCUT2D eigenvalue weighted by molar-refractivity contribution is 0.263. The zero-order valence-corrected chi connectivity index (χ0v) is 12.7. The van der Waals surface area contributed by atoms with Crippen molar-refractivity contribution in [3.8, 4) is 5.75 Å². The van der Waals surface area contributed by atoms with E-state index in [0.717, 1.165) is 31.6 Å². The van der Waals surface area contributed by atoms with Gasteiger partial charge in [-0.25, -0.2) is 0 Å². The topological polar surface area (TPSA) is 38.5 Å². The summed E-state index contributed by atoms with van der Waals surface area (Å²) in [5, 5.41) is 0. The molecule has 1 unspecified atom stereocenters. The normalized spacial score (nSPS) is 17.3. The molecule has 1 atom stereocenters. The minimum absolute atomic E-state index is 0.275. The molecule has 0 spiro atoms. The van der Waals surface area contributed by atoms with E-state index in [2.05, 4.69) is 36.1 Å². The average Bonchev–Trinajstić information content (AvgIpc) is 2.96. The molecule has 2 rings (SSSR count). The maximum Gasteiger partial charge on any atom is 0.119 e. The summed E-state index contributed by atoms with van der Waals surface area (Å²) >= 11 is 0. The van der Waals surface area contributed by atoms with Gasteiger partial charge in [0.25, 0.3) is 0 Å². The zero-order valence-electron chi connectivity index (χ0n) is 12.7. The zero-order chi connectivity index (χ0) is 14.2. The smallest absolute Gasteiger partial charge is 0.119 e. The molecule has 0 bridgehead atoms. The third-order valence-corrected chi connectivity index (χ3v) is 3.90. The highest BCUT2D eigenvalue weighted by Crippen LogP contribution is 2.14. The summed E-state index contributed by atoms with van der Waals surface area (Å²) < 4.78 is 5.80. The van der Waals surface area contributed by atoms with Crippen LogP contribution >= 0.6 is 0 Å². The average molecular weight is 276 g/mol. The maximum atomic E-state index is 5.80. The van der Waals surface area contributed by atoms with E-state index < -0.39 is 0 Å². The molecular weight excluding hydrogens is 248 g/mol. The third-order valence-electron chi connectivity index (χ3n) is 3.90. The van der Waals surface area contributed by atoms with Crippen LogP contribution in [0.5, 0.6) is 5.75 Å². The highest BCUT2D eigenvalue weighted by Gasteiger charge is 2.10. The number of aryl methyl sites for hydroxylation is 1. The largest absolute Gasteiger partial charge is 0.494 e. The molecular formula is C17H28N2O. The quantitative estimate of drug-likeness (QED) is 0.742. The fourth-order valence-corrected chi connectivity index (χ4v) is 2.63. The molecule has 3 heteroatoms. The third kappa shape index (κ3) is 5.51. The SMILES string of the molecule is CC(N)CCc1ccc(OCCCN2CCCC2)cc1. The molecule has 0 aliphatic carbocycles. The molecule has 1 heterocycles. The molecule has 0 aromatic heterocycles. The first-order valence-electron chi connectivity index (χ1n) is 7.94. The van der Waals surface area contributed by atoms with Gasteiger partial charge in [-0.1, -0.05) is 12.1 Å². The monoisotopic (exact) mass is 276 g/mol. The Morgan fingerprint density at radius 1 is 1.20 bits per heavy atom. The molecule has 0 radical (unpaired) electrons. The molecule has 1 aliphatic heterocycles. The van der Waals surface area contributed by atoms with Gasteiger partial charge in [-0.3, -0.25) is 0 Å². The summed E-state index contributed by atoms with van der Waals surface area (Å²) in [5.41, 5.74) is 7.11. The van der Waals surface area contributed by atoms with Crippen LogP contribution in [-0.2, 0) is 6.42 Å². The van der Waals surface area contributed by atoms with E-state index in [1.54, 1.807) is 0 Å². The summed E-state index contributed by atoms with van der Waals surface area (Å²) in [5.74, 6) is 0.982. The lowest BCUT2D eigenvalue weighted by Crippen LogP contribution is -2.21. The first kappa shape index (κ1) is 15.3. The Morgan fingerprint density at radius 2 is 1.90 bits per heavy atom. The number of benzene rings is 1. The van der Waals surface area contributed by atoms with Crippen molar-refractivity contribution in [3.63, 3.8) is 0 Å². The van der Waals surface area contributed by atoms with E-state index in [9.17, 15) is 0 Å². The van der Waals surface area contributed by atoms with Crippen LogP contribution in [0.3, 0.4) is 0 Å². The van der Waals surface area contributed by atoms with E-state index in [1.807, 2.05) is 0 Å². The van der Waals surface area contributed by atoms with Gasteiger partial charge in [0.15, 0.2) is 0 Å². The highest BCUT2D eigenvalue weighted by atomic mass is 16.5. The molecule has 1 saturated heterocycles. The Morgan fingerprint density at radius 3 is 2.55 bits per heavy atom. The van der Waals surface area contributed by atoms with Gasteiger partial charge in [0.1, 0.15) is 5.75 Å². The molecule has 1 aromatic carbocycles. The van der Waals surface area contributed by atoms with Gasteiger partial charge in [0.05, 0.1) is 6.61 Å². The number of likely N-dealkylation sites (tertiary alicyclic amines) is 1. The fraction of sp³-hybridized carbons (Fsp3) is 0.647. The van der Waals surface area contributed by atoms with Crippen molar-refractivity contribution in [1.29, 1.82) is 0 Å². The van der Waals surface area contributed by atoms with Crippen molar-refractivity contribution in [2.45, 2.75) is 45.1 Å². The van der Waals surface area contributed by atoms with E-state index in [4.69, 9.17) is 10.5 Å². The van der Waals surface area contributed by atoms with Gasteiger partial charge in [0.2, 0.25) is 0 Å². The van der Waals surface area contributed by atoms with Crippen molar-refractivity contribution in [2.75, 3.05) is 26.2 Å². The first-order valence-corrected chi connectivity index (χ1v) is 7.94. The number of rotatable bonds is 8. The number of nitrogens with zero attached hydrogens (tertiary/aromatic N) is 1. The van der Waals surface area contributed by atoms with Crippen LogP contribution in [0.4, 0.5) is 0 Å². The first-order chi connectivity index (χ1) is 9.74. The summed E-state index contributed by atoms with van der Waals surface area (Å²) in [7, 11) is 0. The Kier molecular flexibility index (Phi) is 6.34. The molecule has 112 valence electrons. The Balaban J connectivity index is 1.62. The number of ether oxygens (including phenoxy) is 1. The van der Waals surface area contributed by atoms with Crippen molar-refractivity contribution in [1.82, 2.24) is 4.90 Å². The van der Waals surface area contributed by atoms with Crippen molar-refractivity contribution in [2.24, 2.45) is 5.73 Å². The van der Waals surface area contributed by atoms with Gasteiger partial charge in [-0.05, 0) is 69.8 Å². The second-order valence-corrected chi connectivity index (χ2v) is 5.91. The number of nitrogens with two attached hydrogens (primary N) is 1. The molecule has 0 saturated carbocycles. The maximum absolute atomic E-state index is 5.80. The van der Waals surface area contributed by atoms with Gasteiger partial charge in [-0.15, -0.1) is 0 Å². The summed E-state index contributed by atoms with van der Waals surface area (Å²) in [6.45, 7) is 6.59. The summed E-state index contributed by atoms with van der Waals surface area (Å²) in [6, 6.07) is 8.73. The lowest BCUT2D eigenvalue weighted by atomic mass is 10.1. The summed E-state index contributed by atoms with van der Waals surface area (Å²) in [6.07, 6.45) is 5.93. The second kappa shape index (κ2) is 8.28. The molecule has 20 heavy (non-hydrogen) atoms. The molecule has 0 amide bonds. The predicted octanol–water partition coefficient (Wildman–Crippen LogP) is 2.83. The number of hydrogen-bond donors (Lipinski definition) is 1. The van der Waals surface area contributed by atoms with E-state index >= 15 is 0 Å². The van der Waals surface area contributed by atoms with Crippen molar-refractivity contribution < 1.29 is 4.74 Å². The Labute approximate surface area is 123 Å². The number of hydrogen-bond acceptors (Lipinski definition) is 3. The highest BCUT2D eigenvalue weighted by molar-refractivity contribution is 5.27. The van der Waals surface area contributed by atoms with Gasteiger partial charge < -0.3 is 15.4 Å². The Bertz CT molecular complexity index is 369. The standard InChI is InChI=1S/C17H28N2O/c1-15(18)5-6-16-7-9-17(10-8-16)20-14-4-13-19-11-2-3-12-19/h7-10,15H,2-6,11-14,18H2,1H3. The van der Waals surface area contributed by atoms with Crippen LogP contribution in [0.2, 0.25) is 0 Å². The van der Waals surface area contributed by atoms with E-state index in [0.29, 0.717) is 0 Å². The predicted molar refractivity (Wildman–Crippen MR) is 84.2 cm³/mol. The van der Waals surface area contributed by atoms with Crippen LogP contribution < -0.4 is 10.5 Å². The molecule has 2 N–H and O–H groups in total. The van der Waals surface area contributed by atoms with Gasteiger partial charge in [-0.2, -0.15) is 0 Å². The minimum atomic E-state index is 0.275. The molecule has 1 aliphatic rings. The van der Waals surface area contributed by atoms with Crippen LogP contribution in [0.15, 0.2) is 24.3 Å². The van der Waals surface area contributed by atoms with Crippen LogP contribution in [-0.4, -0.2) is 37.2 Å². The van der Waals surface area contributed by atoms with Crippen LogP contribution in [0.1, 0.15) is 38.2 Å². The second-order valence-electron chi connectivity index (χ2n) is 5.91. The van der Waals surface area contributed by atoms with E-state index in [1.165, 1.54) is 38.0 Å². The van der Waals surface area contributed by atoms with Crippen molar-refractivity contribution in [3.05, 3.63) is 29.8 Å².